The Morgan fingerprint density at radius 3 is 2.89 bits per heavy atom. The predicted molar refractivity (Wildman–Crippen MR) is 77.1 cm³/mol. The van der Waals surface area contributed by atoms with Crippen molar-refractivity contribution in [3.63, 3.8) is 0 Å². The van der Waals surface area contributed by atoms with Crippen molar-refractivity contribution < 1.29 is 4.79 Å². The summed E-state index contributed by atoms with van der Waals surface area (Å²) in [5.41, 5.74) is 2.38. The van der Waals surface area contributed by atoms with Crippen molar-refractivity contribution in [3.05, 3.63) is 35.5 Å². The highest BCUT2D eigenvalue weighted by molar-refractivity contribution is 8.01. The molecule has 0 N–H and O–H groups in total. The molecule has 3 rings (SSSR count). The lowest BCUT2D eigenvalue weighted by Gasteiger charge is -1.98. The fraction of sp³-hybridized carbons (Fsp3) is 0.154. The minimum absolute atomic E-state index is 0.645. The molecule has 0 aliphatic heterocycles. The summed E-state index contributed by atoms with van der Waals surface area (Å²) >= 11 is 3.11. The molecule has 3 aromatic rings. The van der Waals surface area contributed by atoms with Crippen molar-refractivity contribution in [2.45, 2.75) is 16.3 Å². The minimum atomic E-state index is 0.645. The third-order valence-corrected chi connectivity index (χ3v) is 5.06. The number of thiazole rings is 1. The first-order valence-electron chi connectivity index (χ1n) is 5.71. The third kappa shape index (κ3) is 2.17. The topological polar surface area (TPSA) is 47.8 Å². The Hall–Kier alpha value is -1.66. The van der Waals surface area contributed by atoms with Crippen molar-refractivity contribution in [2.75, 3.05) is 0 Å². The van der Waals surface area contributed by atoms with E-state index in [-0.39, 0.29) is 0 Å². The molecule has 0 radical (unpaired) electrons. The van der Waals surface area contributed by atoms with Gasteiger partial charge in [0.25, 0.3) is 0 Å². The second-order valence-electron chi connectivity index (χ2n) is 4.10. The number of carbonyl (C=O) groups is 1. The smallest absolute Gasteiger partial charge is 0.157 e. The molecule has 0 unspecified atom stereocenters. The highest BCUT2D eigenvalue weighted by Gasteiger charge is 2.15. The van der Waals surface area contributed by atoms with Gasteiger partial charge in [-0.3, -0.25) is 9.48 Å². The van der Waals surface area contributed by atoms with Gasteiger partial charge < -0.3 is 0 Å². The van der Waals surface area contributed by atoms with E-state index >= 15 is 0 Å². The summed E-state index contributed by atoms with van der Waals surface area (Å²) in [5.74, 6) is 0. The highest BCUT2D eigenvalue weighted by Crippen LogP contribution is 2.35. The molecule has 19 heavy (non-hydrogen) atoms. The van der Waals surface area contributed by atoms with Crippen LogP contribution in [0.2, 0.25) is 0 Å². The van der Waals surface area contributed by atoms with Crippen LogP contribution in [-0.2, 0) is 7.05 Å². The lowest BCUT2D eigenvalue weighted by Crippen LogP contribution is -1.93. The first kappa shape index (κ1) is 12.4. The maximum absolute atomic E-state index is 11.1. The lowest BCUT2D eigenvalue weighted by molar-refractivity contribution is 0.112. The number of aldehydes is 1. The van der Waals surface area contributed by atoms with Gasteiger partial charge in [-0.2, -0.15) is 5.10 Å². The summed E-state index contributed by atoms with van der Waals surface area (Å²) in [7, 11) is 1.84. The zero-order chi connectivity index (χ0) is 13.4. The highest BCUT2D eigenvalue weighted by atomic mass is 32.2. The summed E-state index contributed by atoms with van der Waals surface area (Å²) in [6, 6.07) is 8.01. The number of hydrogen-bond donors (Lipinski definition) is 0. The van der Waals surface area contributed by atoms with Crippen molar-refractivity contribution in [2.24, 2.45) is 7.05 Å². The van der Waals surface area contributed by atoms with Gasteiger partial charge in [-0.1, -0.05) is 12.1 Å². The average Bonchev–Trinajstić information content (AvgIpc) is 2.91. The van der Waals surface area contributed by atoms with Crippen LogP contribution in [0.15, 0.2) is 33.6 Å². The molecule has 2 heterocycles. The third-order valence-electron chi connectivity index (χ3n) is 2.79. The number of fused-ring (bicyclic) bond motifs is 1. The van der Waals surface area contributed by atoms with E-state index in [4.69, 9.17) is 0 Å². The van der Waals surface area contributed by atoms with Gasteiger partial charge in [0.1, 0.15) is 5.03 Å². The number of rotatable bonds is 3. The first-order chi connectivity index (χ1) is 9.19. The Balaban J connectivity index is 2.03. The molecule has 0 saturated heterocycles. The molecule has 96 valence electrons. The Bertz CT molecular complexity index is 727. The molecular weight excluding hydrogens is 278 g/mol. The van der Waals surface area contributed by atoms with Crippen LogP contribution in [0.1, 0.15) is 16.1 Å². The molecule has 1 aromatic carbocycles. The number of aryl methyl sites for hydroxylation is 2. The van der Waals surface area contributed by atoms with Crippen molar-refractivity contribution in [1.82, 2.24) is 14.8 Å². The molecule has 0 amide bonds. The summed E-state index contributed by atoms with van der Waals surface area (Å²) in [4.78, 5) is 15.7. The molecule has 0 aliphatic rings. The molecule has 2 aromatic heterocycles. The van der Waals surface area contributed by atoms with E-state index in [0.29, 0.717) is 5.56 Å². The van der Waals surface area contributed by atoms with Crippen molar-refractivity contribution >= 4 is 39.6 Å². The molecular formula is C13H11N3OS2. The Morgan fingerprint density at radius 1 is 1.37 bits per heavy atom. The Labute approximate surface area is 118 Å². The number of nitrogens with zero attached hydrogens (tertiary/aromatic N) is 3. The van der Waals surface area contributed by atoms with Crippen LogP contribution in [-0.4, -0.2) is 21.1 Å². The predicted octanol–water partition coefficient (Wildman–Crippen LogP) is 3.30. The van der Waals surface area contributed by atoms with Crippen LogP contribution in [0.5, 0.6) is 0 Å². The quantitative estimate of drug-likeness (QED) is 0.694. The maximum Gasteiger partial charge on any atom is 0.157 e. The van der Waals surface area contributed by atoms with E-state index < -0.39 is 0 Å². The van der Waals surface area contributed by atoms with Crippen molar-refractivity contribution in [1.29, 1.82) is 0 Å². The Kier molecular flexibility index (Phi) is 3.12. The normalized spacial score (nSPS) is 11.1. The molecule has 0 aliphatic carbocycles. The number of benzene rings is 1. The fourth-order valence-corrected chi connectivity index (χ4v) is 4.05. The zero-order valence-corrected chi connectivity index (χ0v) is 12.1. The summed E-state index contributed by atoms with van der Waals surface area (Å²) in [6.07, 6.45) is 0.859. The molecule has 0 fully saturated rings. The van der Waals surface area contributed by atoms with Crippen LogP contribution >= 0.6 is 23.1 Å². The lowest BCUT2D eigenvalue weighted by atomic mass is 10.3. The molecule has 0 spiro atoms. The van der Waals surface area contributed by atoms with Crippen molar-refractivity contribution in [3.8, 4) is 0 Å². The molecule has 6 heteroatoms. The standard InChI is InChI=1S/C13H11N3OS2/c1-8-9(7-17)12(16(2)15-8)19-13-14-10-5-3-4-6-11(10)18-13/h3-7H,1-2H3. The summed E-state index contributed by atoms with van der Waals surface area (Å²) in [6.45, 7) is 1.84. The molecule has 0 saturated carbocycles. The maximum atomic E-state index is 11.1. The van der Waals surface area contributed by atoms with E-state index in [9.17, 15) is 4.79 Å². The first-order valence-corrected chi connectivity index (χ1v) is 7.34. The van der Waals surface area contributed by atoms with Gasteiger partial charge in [-0.25, -0.2) is 4.98 Å². The van der Waals surface area contributed by atoms with Crippen LogP contribution in [0.25, 0.3) is 10.2 Å². The fourth-order valence-electron chi connectivity index (χ4n) is 1.89. The minimum Gasteiger partial charge on any atom is -0.298 e. The molecule has 4 nitrogen and oxygen atoms in total. The molecule has 0 bridgehead atoms. The van der Waals surface area contributed by atoms with Crippen LogP contribution in [0.4, 0.5) is 0 Å². The van der Waals surface area contributed by atoms with Gasteiger partial charge in [0.05, 0.1) is 21.5 Å². The van der Waals surface area contributed by atoms with E-state index in [0.717, 1.165) is 31.6 Å². The monoisotopic (exact) mass is 289 g/mol. The van der Waals surface area contributed by atoms with E-state index in [1.165, 1.54) is 11.8 Å². The number of para-hydroxylation sites is 1. The molecule has 0 atom stereocenters. The second-order valence-corrected chi connectivity index (χ2v) is 6.36. The number of aromatic nitrogens is 3. The van der Waals surface area contributed by atoms with Crippen LogP contribution in [0.3, 0.4) is 0 Å². The van der Waals surface area contributed by atoms with Crippen LogP contribution in [0, 0.1) is 6.92 Å². The Morgan fingerprint density at radius 2 is 2.16 bits per heavy atom. The largest absolute Gasteiger partial charge is 0.298 e. The zero-order valence-electron chi connectivity index (χ0n) is 10.5. The number of carbonyl (C=O) groups excluding carboxylic acids is 1. The van der Waals surface area contributed by atoms with E-state index in [1.54, 1.807) is 16.0 Å². The second kappa shape index (κ2) is 4.79. The van der Waals surface area contributed by atoms with Crippen LogP contribution < -0.4 is 0 Å². The van der Waals surface area contributed by atoms with Gasteiger partial charge in [0, 0.05) is 7.05 Å². The van der Waals surface area contributed by atoms with E-state index in [1.807, 2.05) is 38.2 Å². The SMILES string of the molecule is Cc1nn(C)c(Sc2nc3ccccc3s2)c1C=O. The average molecular weight is 289 g/mol. The van der Waals surface area contributed by atoms with Gasteiger partial charge in [0.2, 0.25) is 0 Å². The van der Waals surface area contributed by atoms with Gasteiger partial charge in [0.15, 0.2) is 10.6 Å². The van der Waals surface area contributed by atoms with E-state index in [2.05, 4.69) is 10.1 Å². The summed E-state index contributed by atoms with van der Waals surface area (Å²) in [5, 5.41) is 5.11. The van der Waals surface area contributed by atoms with Gasteiger partial charge in [-0.15, -0.1) is 11.3 Å². The van der Waals surface area contributed by atoms with Gasteiger partial charge in [-0.05, 0) is 30.8 Å². The number of hydrogen-bond acceptors (Lipinski definition) is 5. The van der Waals surface area contributed by atoms with Gasteiger partial charge >= 0.3 is 0 Å². The summed E-state index contributed by atoms with van der Waals surface area (Å²) < 4.78 is 3.80.